The number of amides is 1. The summed E-state index contributed by atoms with van der Waals surface area (Å²) >= 11 is 0. The third kappa shape index (κ3) is 5.95. The van der Waals surface area contributed by atoms with Crippen LogP contribution in [0.5, 0.6) is 0 Å². The average molecular weight is 355 g/mol. The Bertz CT molecular complexity index is 648. The van der Waals surface area contributed by atoms with Crippen molar-refractivity contribution in [2.24, 2.45) is 0 Å². The number of nitrogens with one attached hydrogen (secondary N) is 1. The Labute approximate surface area is 137 Å². The fourth-order valence-corrected chi connectivity index (χ4v) is 3.24. The number of benzene rings is 1. The van der Waals surface area contributed by atoms with Gasteiger partial charge in [0.15, 0.2) is 0 Å². The molecule has 1 N–H and O–H groups in total. The van der Waals surface area contributed by atoms with Gasteiger partial charge in [0.25, 0.3) is 5.69 Å². The summed E-state index contributed by atoms with van der Waals surface area (Å²) in [7, 11) is -4.11. The fraction of sp³-hybridized carbons (Fsp3) is 0.429. The molecule has 1 aromatic rings. The van der Waals surface area contributed by atoms with Gasteiger partial charge in [-0.2, -0.15) is 0 Å². The zero-order valence-corrected chi connectivity index (χ0v) is 16.2. The summed E-state index contributed by atoms with van der Waals surface area (Å²) in [5, 5.41) is 10.9. The Balaban J connectivity index is 3.32. The Hall–Kier alpha value is -2.01. The van der Waals surface area contributed by atoms with Crippen LogP contribution >= 0.6 is 0 Å². The van der Waals surface area contributed by atoms with E-state index < -0.39 is 33.4 Å². The summed E-state index contributed by atoms with van der Waals surface area (Å²) in [6, 6.07) is 3.61. The van der Waals surface area contributed by atoms with Crippen LogP contribution in [0.2, 0.25) is 39.3 Å². The lowest BCUT2D eigenvalue weighted by Crippen LogP contribution is -2.45. The minimum Gasteiger partial charge on any atom is -0.516 e. The first-order valence-electron chi connectivity index (χ1n) is 7.14. The third-order valence-corrected chi connectivity index (χ3v) is 4.34. The molecule has 0 aliphatic rings. The minimum absolute atomic E-state index is 0.0719. The van der Waals surface area contributed by atoms with Gasteiger partial charge in [-0.3, -0.25) is 14.9 Å². The molecular weight excluding hydrogens is 332 g/mol. The third-order valence-electron chi connectivity index (χ3n) is 2.57. The molecule has 9 heteroatoms. The van der Waals surface area contributed by atoms with E-state index in [1.807, 2.05) is 39.3 Å². The van der Waals surface area contributed by atoms with E-state index in [2.05, 4.69) is 4.98 Å². The normalized spacial score (nSPS) is 11.7. The lowest BCUT2D eigenvalue weighted by Gasteiger charge is -2.21. The van der Waals surface area contributed by atoms with Gasteiger partial charge in [0, 0.05) is 12.1 Å². The summed E-state index contributed by atoms with van der Waals surface area (Å²) in [5.41, 5.74) is -0.226. The van der Waals surface area contributed by atoms with Gasteiger partial charge in [0.05, 0.1) is 16.1 Å². The largest absolute Gasteiger partial charge is 0.516 e. The number of hydrogen-bond donors (Lipinski definition) is 1. The van der Waals surface area contributed by atoms with Crippen LogP contribution in [0.1, 0.15) is 20.7 Å². The molecule has 0 fully saturated rings. The molecule has 0 saturated carbocycles. The number of carbonyl (C=O) groups excluding carboxylic acids is 2. The first-order chi connectivity index (χ1) is 10.3. The van der Waals surface area contributed by atoms with E-state index in [0.717, 1.165) is 6.07 Å². The molecule has 126 valence electrons. The van der Waals surface area contributed by atoms with Crippen LogP contribution in [-0.4, -0.2) is 33.4 Å². The molecular formula is C14H22N2O5Si2. The van der Waals surface area contributed by atoms with Gasteiger partial charge in [-0.1, -0.05) is 19.6 Å². The highest BCUT2D eigenvalue weighted by molar-refractivity contribution is 6.76. The van der Waals surface area contributed by atoms with Crippen molar-refractivity contribution < 1.29 is 18.9 Å². The fourth-order valence-electron chi connectivity index (χ4n) is 1.75. The number of nitro benzene ring substituents is 1. The Morgan fingerprint density at radius 1 is 1.09 bits per heavy atom. The van der Waals surface area contributed by atoms with Crippen LogP contribution < -0.4 is 4.98 Å². The van der Waals surface area contributed by atoms with Gasteiger partial charge < -0.3 is 9.41 Å². The predicted octanol–water partition coefficient (Wildman–Crippen LogP) is 3.15. The topological polar surface area (TPSA) is 98.5 Å². The maximum Gasteiger partial charge on any atom is 0.325 e. The molecule has 23 heavy (non-hydrogen) atoms. The molecule has 0 unspecified atom stereocenters. The Morgan fingerprint density at radius 2 is 1.65 bits per heavy atom. The van der Waals surface area contributed by atoms with Gasteiger partial charge in [0.1, 0.15) is 8.24 Å². The van der Waals surface area contributed by atoms with Gasteiger partial charge in [0.2, 0.25) is 14.2 Å². The second kappa shape index (κ2) is 6.63. The second-order valence-electron chi connectivity index (χ2n) is 7.19. The lowest BCUT2D eigenvalue weighted by molar-refractivity contribution is -0.384. The van der Waals surface area contributed by atoms with Crippen LogP contribution in [0.4, 0.5) is 5.69 Å². The van der Waals surface area contributed by atoms with Crippen molar-refractivity contribution in [2.75, 3.05) is 0 Å². The number of nitro groups is 1. The molecule has 0 atom stereocenters. The molecule has 0 saturated heterocycles. The molecule has 1 aromatic carbocycles. The van der Waals surface area contributed by atoms with Gasteiger partial charge in [-0.25, -0.2) is 4.79 Å². The van der Waals surface area contributed by atoms with E-state index in [-0.39, 0.29) is 16.8 Å². The molecule has 0 bridgehead atoms. The first-order valence-corrected chi connectivity index (χ1v) is 14.1. The van der Waals surface area contributed by atoms with Crippen molar-refractivity contribution in [3.8, 4) is 0 Å². The van der Waals surface area contributed by atoms with Gasteiger partial charge in [-0.15, -0.1) is 0 Å². The Kier molecular flexibility index (Phi) is 5.49. The maximum atomic E-state index is 12.4. The summed E-state index contributed by atoms with van der Waals surface area (Å²) in [6.07, 6.45) is 0. The van der Waals surface area contributed by atoms with Crippen molar-refractivity contribution in [1.82, 2.24) is 4.98 Å². The Morgan fingerprint density at radius 3 is 2.09 bits per heavy atom. The van der Waals surface area contributed by atoms with Crippen LogP contribution in [-0.2, 0) is 4.43 Å². The molecule has 0 radical (unpaired) electrons. The average Bonchev–Trinajstić information content (AvgIpc) is 2.33. The number of nitrogens with zero attached hydrogens (tertiary/aromatic N) is 1. The highest BCUT2D eigenvalue weighted by atomic mass is 28.4. The molecule has 7 nitrogen and oxygen atoms in total. The highest BCUT2D eigenvalue weighted by Gasteiger charge is 2.28. The summed E-state index contributed by atoms with van der Waals surface area (Å²) in [6.45, 7) is 11.3. The SMILES string of the molecule is C[Si](C)(C)NC(=O)c1ccc([N+](=O)[O-])cc1C(=O)O[Si](C)(C)C. The molecule has 0 aromatic heterocycles. The summed E-state index contributed by atoms with van der Waals surface area (Å²) in [4.78, 5) is 37.9. The van der Waals surface area contributed by atoms with E-state index in [0.29, 0.717) is 0 Å². The molecule has 1 rings (SSSR count). The molecule has 0 aliphatic heterocycles. The maximum absolute atomic E-state index is 12.4. The van der Waals surface area contributed by atoms with Crippen molar-refractivity contribution in [1.29, 1.82) is 0 Å². The monoisotopic (exact) mass is 354 g/mol. The van der Waals surface area contributed by atoms with Crippen LogP contribution in [0.15, 0.2) is 18.2 Å². The number of non-ortho nitro benzene ring substituents is 1. The minimum atomic E-state index is -2.19. The quantitative estimate of drug-likeness (QED) is 0.497. The zero-order valence-electron chi connectivity index (χ0n) is 14.2. The highest BCUT2D eigenvalue weighted by Crippen LogP contribution is 2.21. The second-order valence-corrected chi connectivity index (χ2v) is 16.4. The van der Waals surface area contributed by atoms with E-state index in [1.165, 1.54) is 12.1 Å². The molecule has 0 spiro atoms. The van der Waals surface area contributed by atoms with Crippen LogP contribution in [0, 0.1) is 10.1 Å². The number of rotatable bonds is 5. The number of carbonyl (C=O) groups is 2. The first kappa shape index (κ1) is 19.0. The summed E-state index contributed by atoms with van der Waals surface area (Å²) < 4.78 is 5.39. The predicted molar refractivity (Wildman–Crippen MR) is 92.7 cm³/mol. The van der Waals surface area contributed by atoms with E-state index in [4.69, 9.17) is 4.43 Å². The van der Waals surface area contributed by atoms with Crippen LogP contribution in [0.25, 0.3) is 0 Å². The van der Waals surface area contributed by atoms with E-state index in [1.54, 1.807) is 0 Å². The van der Waals surface area contributed by atoms with Crippen LogP contribution in [0.3, 0.4) is 0 Å². The van der Waals surface area contributed by atoms with Crippen molar-refractivity contribution in [3.63, 3.8) is 0 Å². The smallest absolute Gasteiger partial charge is 0.325 e. The molecule has 0 aliphatic carbocycles. The van der Waals surface area contributed by atoms with Crippen molar-refractivity contribution >= 4 is 34.1 Å². The molecule has 1 amide bonds. The van der Waals surface area contributed by atoms with Gasteiger partial charge >= 0.3 is 5.97 Å². The lowest BCUT2D eigenvalue weighted by atomic mass is 10.1. The van der Waals surface area contributed by atoms with Crippen molar-refractivity contribution in [2.45, 2.75) is 39.3 Å². The van der Waals surface area contributed by atoms with Gasteiger partial charge in [-0.05, 0) is 25.7 Å². The van der Waals surface area contributed by atoms with Crippen molar-refractivity contribution in [3.05, 3.63) is 39.4 Å². The number of hydrogen-bond acceptors (Lipinski definition) is 5. The zero-order chi connectivity index (χ0) is 18.0. The standard InChI is InChI=1S/C14H22N2O5Si2/c1-22(2,3)15-13(17)11-8-7-10(16(19)20)9-12(11)14(18)21-23(4,5)6/h7-9H,1-6H3,(H,15,17). The molecule has 0 heterocycles. The van der Waals surface area contributed by atoms with E-state index in [9.17, 15) is 19.7 Å². The van der Waals surface area contributed by atoms with E-state index >= 15 is 0 Å². The summed E-state index contributed by atoms with van der Waals surface area (Å²) in [5.74, 6) is -1.12.